The van der Waals surface area contributed by atoms with E-state index in [1.54, 1.807) is 0 Å². The van der Waals surface area contributed by atoms with Crippen LogP contribution in [-0.2, 0) is 0 Å². The summed E-state index contributed by atoms with van der Waals surface area (Å²) in [6.45, 7) is 11.3. The molecule has 2 aromatic carbocycles. The van der Waals surface area contributed by atoms with Crippen LogP contribution in [-0.4, -0.2) is 25.0 Å². The maximum absolute atomic E-state index is 2.50. The third-order valence-corrected chi connectivity index (χ3v) is 5.08. The first kappa shape index (κ1) is 19.7. The van der Waals surface area contributed by atoms with Crippen LogP contribution in [0.25, 0.3) is 0 Å². The summed E-state index contributed by atoms with van der Waals surface area (Å²) in [4.78, 5) is 2.50. The molecule has 0 N–H and O–H groups in total. The van der Waals surface area contributed by atoms with Gasteiger partial charge in [0.25, 0.3) is 0 Å². The minimum Gasteiger partial charge on any atom is -0.306 e. The van der Waals surface area contributed by atoms with Crippen molar-refractivity contribution in [2.45, 2.75) is 52.9 Å². The molecule has 0 aliphatic rings. The topological polar surface area (TPSA) is 3.24 Å². The molecule has 25 heavy (non-hydrogen) atoms. The highest BCUT2D eigenvalue weighted by Crippen LogP contribution is 2.29. The lowest BCUT2D eigenvalue weighted by Crippen LogP contribution is -2.23. The first-order valence-corrected chi connectivity index (χ1v) is 9.77. The molecule has 0 aliphatic carbocycles. The van der Waals surface area contributed by atoms with Gasteiger partial charge in [-0.2, -0.15) is 0 Å². The fraction of sp³-hybridized carbons (Fsp3) is 0.500. The molecule has 0 aliphatic heterocycles. The van der Waals surface area contributed by atoms with E-state index in [9.17, 15) is 0 Å². The van der Waals surface area contributed by atoms with E-state index >= 15 is 0 Å². The Bertz CT molecular complexity index is 564. The molecule has 136 valence electrons. The molecule has 0 atom stereocenters. The van der Waals surface area contributed by atoms with Gasteiger partial charge in [-0.3, -0.25) is 0 Å². The lowest BCUT2D eigenvalue weighted by molar-refractivity contribution is 0.308. The minimum atomic E-state index is 0.480. The summed E-state index contributed by atoms with van der Waals surface area (Å²) in [7, 11) is 2.27. The summed E-state index contributed by atoms with van der Waals surface area (Å²) in [5, 5.41) is 0. The number of benzene rings is 2. The molecule has 0 saturated heterocycles. The van der Waals surface area contributed by atoms with Crippen molar-refractivity contribution in [3.63, 3.8) is 0 Å². The molecule has 0 aromatic heterocycles. The Morgan fingerprint density at radius 2 is 1.20 bits per heavy atom. The van der Waals surface area contributed by atoms with E-state index in [1.165, 1.54) is 48.1 Å². The molecule has 0 unspecified atom stereocenters. The zero-order chi connectivity index (χ0) is 18.2. The SMILES string of the molecule is Cc1ccc(C(CCN(C)CCCC(C)C)c2ccc(C)cc2)cc1. The Balaban J connectivity index is 2.04. The highest BCUT2D eigenvalue weighted by molar-refractivity contribution is 5.35. The quantitative estimate of drug-likeness (QED) is 0.527. The van der Waals surface area contributed by atoms with E-state index in [0.717, 1.165) is 12.5 Å². The van der Waals surface area contributed by atoms with Gasteiger partial charge in [0.05, 0.1) is 0 Å². The highest BCUT2D eigenvalue weighted by atomic mass is 15.1. The van der Waals surface area contributed by atoms with Crippen molar-refractivity contribution in [2.75, 3.05) is 20.1 Å². The average Bonchev–Trinajstić information content (AvgIpc) is 2.57. The summed E-state index contributed by atoms with van der Waals surface area (Å²) in [6.07, 6.45) is 3.79. The molecule has 2 aromatic rings. The molecule has 0 bridgehead atoms. The van der Waals surface area contributed by atoms with Crippen molar-refractivity contribution in [2.24, 2.45) is 5.92 Å². The van der Waals surface area contributed by atoms with Crippen molar-refractivity contribution >= 4 is 0 Å². The monoisotopic (exact) mass is 337 g/mol. The molecule has 2 rings (SSSR count). The lowest BCUT2D eigenvalue weighted by Gasteiger charge is -2.23. The van der Waals surface area contributed by atoms with Gasteiger partial charge >= 0.3 is 0 Å². The molecule has 0 radical (unpaired) electrons. The molecule has 0 spiro atoms. The molecular weight excluding hydrogens is 302 g/mol. The van der Waals surface area contributed by atoms with Crippen molar-refractivity contribution in [1.29, 1.82) is 0 Å². The van der Waals surface area contributed by atoms with E-state index in [-0.39, 0.29) is 0 Å². The van der Waals surface area contributed by atoms with Crippen LogP contribution in [0, 0.1) is 19.8 Å². The van der Waals surface area contributed by atoms with Gasteiger partial charge in [0.1, 0.15) is 0 Å². The van der Waals surface area contributed by atoms with Crippen LogP contribution < -0.4 is 0 Å². The maximum Gasteiger partial charge on any atom is 0.0101 e. The smallest absolute Gasteiger partial charge is 0.0101 e. The summed E-state index contributed by atoms with van der Waals surface area (Å²) in [6, 6.07) is 18.2. The minimum absolute atomic E-state index is 0.480. The van der Waals surface area contributed by atoms with Crippen LogP contribution in [0.5, 0.6) is 0 Å². The third kappa shape index (κ3) is 6.66. The normalized spacial score (nSPS) is 11.7. The van der Waals surface area contributed by atoms with E-state index in [1.807, 2.05) is 0 Å². The van der Waals surface area contributed by atoms with E-state index < -0.39 is 0 Å². The first-order valence-electron chi connectivity index (χ1n) is 9.77. The Morgan fingerprint density at radius 1 is 0.720 bits per heavy atom. The van der Waals surface area contributed by atoms with Gasteiger partial charge in [0.15, 0.2) is 0 Å². The third-order valence-electron chi connectivity index (χ3n) is 5.08. The largest absolute Gasteiger partial charge is 0.306 e. The lowest BCUT2D eigenvalue weighted by atomic mass is 9.87. The predicted molar refractivity (Wildman–Crippen MR) is 110 cm³/mol. The first-order chi connectivity index (χ1) is 12.0. The van der Waals surface area contributed by atoms with Crippen molar-refractivity contribution < 1.29 is 0 Å². The maximum atomic E-state index is 2.50. The fourth-order valence-corrected chi connectivity index (χ4v) is 3.35. The second kappa shape index (κ2) is 9.77. The standard InChI is InChI=1S/C24H35N/c1-19(2)7-6-17-25(5)18-16-24(22-12-8-20(3)9-13-22)23-14-10-21(4)11-15-23/h8-15,19,24H,6-7,16-18H2,1-5H3. The molecule has 0 amide bonds. The van der Waals surface area contributed by atoms with Crippen molar-refractivity contribution in [1.82, 2.24) is 4.90 Å². The van der Waals surface area contributed by atoms with Crippen LogP contribution >= 0.6 is 0 Å². The van der Waals surface area contributed by atoms with Crippen LogP contribution in [0.4, 0.5) is 0 Å². The van der Waals surface area contributed by atoms with Gasteiger partial charge in [-0.25, -0.2) is 0 Å². The summed E-state index contributed by atoms with van der Waals surface area (Å²) < 4.78 is 0. The van der Waals surface area contributed by atoms with Crippen molar-refractivity contribution in [3.8, 4) is 0 Å². The Labute approximate surface area is 155 Å². The van der Waals surface area contributed by atoms with Crippen molar-refractivity contribution in [3.05, 3.63) is 70.8 Å². The van der Waals surface area contributed by atoms with Crippen LogP contribution in [0.15, 0.2) is 48.5 Å². The van der Waals surface area contributed by atoms with Crippen LogP contribution in [0.1, 0.15) is 61.3 Å². The summed E-state index contributed by atoms with van der Waals surface area (Å²) in [5.74, 6) is 1.29. The average molecular weight is 338 g/mol. The van der Waals surface area contributed by atoms with E-state index in [0.29, 0.717) is 5.92 Å². The number of hydrogen-bond acceptors (Lipinski definition) is 1. The summed E-state index contributed by atoms with van der Waals surface area (Å²) >= 11 is 0. The zero-order valence-electron chi connectivity index (χ0n) is 16.8. The van der Waals surface area contributed by atoms with E-state index in [4.69, 9.17) is 0 Å². The molecule has 1 nitrogen and oxygen atoms in total. The van der Waals surface area contributed by atoms with Crippen LogP contribution in [0.3, 0.4) is 0 Å². The number of rotatable bonds is 9. The highest BCUT2D eigenvalue weighted by Gasteiger charge is 2.15. The fourth-order valence-electron chi connectivity index (χ4n) is 3.35. The summed E-state index contributed by atoms with van der Waals surface area (Å²) in [5.41, 5.74) is 5.53. The van der Waals surface area contributed by atoms with Gasteiger partial charge in [-0.05, 0) is 70.3 Å². The van der Waals surface area contributed by atoms with Gasteiger partial charge < -0.3 is 4.90 Å². The van der Waals surface area contributed by atoms with Gasteiger partial charge in [0.2, 0.25) is 0 Å². The number of nitrogens with zero attached hydrogens (tertiary/aromatic N) is 1. The Morgan fingerprint density at radius 3 is 1.64 bits per heavy atom. The zero-order valence-corrected chi connectivity index (χ0v) is 16.8. The molecule has 0 heterocycles. The molecular formula is C24H35N. The number of aryl methyl sites for hydroxylation is 2. The molecule has 1 heteroatoms. The van der Waals surface area contributed by atoms with Gasteiger partial charge in [-0.1, -0.05) is 73.5 Å². The van der Waals surface area contributed by atoms with E-state index in [2.05, 4.69) is 88.2 Å². The Hall–Kier alpha value is -1.60. The second-order valence-electron chi connectivity index (χ2n) is 8.00. The Kier molecular flexibility index (Phi) is 7.71. The van der Waals surface area contributed by atoms with Crippen LogP contribution in [0.2, 0.25) is 0 Å². The molecule has 0 saturated carbocycles. The van der Waals surface area contributed by atoms with Gasteiger partial charge in [-0.15, -0.1) is 0 Å². The second-order valence-corrected chi connectivity index (χ2v) is 8.00. The predicted octanol–water partition coefficient (Wildman–Crippen LogP) is 6.19. The molecule has 0 fully saturated rings. The van der Waals surface area contributed by atoms with Gasteiger partial charge in [0, 0.05) is 5.92 Å². The number of hydrogen-bond donors (Lipinski definition) is 0.